The van der Waals surface area contributed by atoms with Crippen LogP contribution in [0, 0.1) is 6.92 Å². The van der Waals surface area contributed by atoms with E-state index in [-0.39, 0.29) is 5.56 Å². The largest absolute Gasteiger partial charge is 0.478 e. The minimum atomic E-state index is -0.957. The number of para-hydroxylation sites is 1. The molecule has 0 aliphatic rings. The fourth-order valence-electron chi connectivity index (χ4n) is 2.57. The van der Waals surface area contributed by atoms with Gasteiger partial charge < -0.3 is 10.8 Å². The highest BCUT2D eigenvalue weighted by atomic mass is 16.4. The molecule has 1 heterocycles. The Balaban J connectivity index is 2.12. The van der Waals surface area contributed by atoms with E-state index in [1.165, 1.54) is 0 Å². The average molecular weight is 292 g/mol. The van der Waals surface area contributed by atoms with E-state index in [0.717, 1.165) is 22.0 Å². The molecule has 1 aromatic heterocycles. The van der Waals surface area contributed by atoms with E-state index < -0.39 is 5.97 Å². The van der Waals surface area contributed by atoms with Gasteiger partial charge >= 0.3 is 5.97 Å². The van der Waals surface area contributed by atoms with Crippen molar-refractivity contribution in [3.05, 3.63) is 70.9 Å². The Kier molecular flexibility index (Phi) is 3.51. The Bertz CT molecular complexity index is 872. The number of aryl methyl sites for hydroxylation is 1. The van der Waals surface area contributed by atoms with Crippen molar-refractivity contribution in [2.45, 2.75) is 13.3 Å². The van der Waals surface area contributed by atoms with Gasteiger partial charge in [0.2, 0.25) is 0 Å². The van der Waals surface area contributed by atoms with Gasteiger partial charge in [-0.2, -0.15) is 0 Å². The second kappa shape index (κ2) is 5.48. The number of anilines is 1. The molecule has 0 saturated carbocycles. The van der Waals surface area contributed by atoms with Crippen LogP contribution in [0.15, 0.2) is 48.5 Å². The molecule has 0 amide bonds. The van der Waals surface area contributed by atoms with Crippen molar-refractivity contribution in [1.82, 2.24) is 4.98 Å². The van der Waals surface area contributed by atoms with Crippen molar-refractivity contribution in [2.75, 3.05) is 5.73 Å². The summed E-state index contributed by atoms with van der Waals surface area (Å²) < 4.78 is 0. The molecule has 2 aromatic carbocycles. The van der Waals surface area contributed by atoms with Gasteiger partial charge in [0.05, 0.1) is 16.8 Å². The van der Waals surface area contributed by atoms with E-state index in [1.807, 2.05) is 49.4 Å². The standard InChI is InChI=1S/C18H16N2O2/c1-11-8-14(19)7-6-12(11)10-17-15(18(21)22)9-13-4-2-3-5-16(13)20-17/h2-9H,10,19H2,1H3,(H,21,22). The first kappa shape index (κ1) is 14.1. The van der Waals surface area contributed by atoms with E-state index >= 15 is 0 Å². The topological polar surface area (TPSA) is 76.2 Å². The molecular formula is C18H16N2O2. The molecule has 0 saturated heterocycles. The van der Waals surface area contributed by atoms with Crippen LogP contribution in [0.25, 0.3) is 10.9 Å². The molecular weight excluding hydrogens is 276 g/mol. The maximum atomic E-state index is 11.5. The molecule has 0 fully saturated rings. The van der Waals surface area contributed by atoms with Crippen molar-refractivity contribution in [3.63, 3.8) is 0 Å². The first-order valence-electron chi connectivity index (χ1n) is 7.01. The number of hydrogen-bond acceptors (Lipinski definition) is 3. The van der Waals surface area contributed by atoms with Gasteiger partial charge in [0.25, 0.3) is 0 Å². The van der Waals surface area contributed by atoms with Crippen LogP contribution >= 0.6 is 0 Å². The molecule has 110 valence electrons. The van der Waals surface area contributed by atoms with Crippen molar-refractivity contribution in [3.8, 4) is 0 Å². The molecule has 4 heteroatoms. The van der Waals surface area contributed by atoms with Gasteiger partial charge in [-0.15, -0.1) is 0 Å². The molecule has 0 atom stereocenters. The van der Waals surface area contributed by atoms with Crippen LogP contribution in [0.4, 0.5) is 5.69 Å². The summed E-state index contributed by atoms with van der Waals surface area (Å²) in [6.45, 7) is 1.97. The fourth-order valence-corrected chi connectivity index (χ4v) is 2.57. The highest BCUT2D eigenvalue weighted by Gasteiger charge is 2.14. The summed E-state index contributed by atoms with van der Waals surface area (Å²) in [6.07, 6.45) is 0.471. The van der Waals surface area contributed by atoms with Crippen molar-refractivity contribution >= 4 is 22.6 Å². The van der Waals surface area contributed by atoms with E-state index in [1.54, 1.807) is 6.07 Å². The Labute approximate surface area is 128 Å². The molecule has 0 aliphatic heterocycles. The minimum Gasteiger partial charge on any atom is -0.478 e. The van der Waals surface area contributed by atoms with Crippen LogP contribution in [0.3, 0.4) is 0 Å². The van der Waals surface area contributed by atoms with Gasteiger partial charge in [-0.1, -0.05) is 24.3 Å². The van der Waals surface area contributed by atoms with Crippen molar-refractivity contribution in [2.24, 2.45) is 0 Å². The zero-order valence-corrected chi connectivity index (χ0v) is 12.2. The van der Waals surface area contributed by atoms with Crippen molar-refractivity contribution < 1.29 is 9.90 Å². The molecule has 3 N–H and O–H groups in total. The quantitative estimate of drug-likeness (QED) is 0.725. The predicted molar refractivity (Wildman–Crippen MR) is 87.1 cm³/mol. The van der Waals surface area contributed by atoms with Gasteiger partial charge in [0, 0.05) is 17.5 Å². The molecule has 3 aromatic rings. The number of carboxylic acid groups (broad SMARTS) is 1. The highest BCUT2D eigenvalue weighted by Crippen LogP contribution is 2.21. The molecule has 0 spiro atoms. The van der Waals surface area contributed by atoms with Crippen LogP contribution in [-0.4, -0.2) is 16.1 Å². The summed E-state index contributed by atoms with van der Waals surface area (Å²) in [5, 5.41) is 10.3. The number of carbonyl (C=O) groups is 1. The number of aromatic nitrogens is 1. The maximum absolute atomic E-state index is 11.5. The number of pyridine rings is 1. The summed E-state index contributed by atoms with van der Waals surface area (Å²) >= 11 is 0. The van der Waals surface area contributed by atoms with Gasteiger partial charge in [-0.25, -0.2) is 4.79 Å². The third kappa shape index (κ3) is 2.63. The summed E-state index contributed by atoms with van der Waals surface area (Å²) in [4.78, 5) is 16.1. The molecule has 3 rings (SSSR count). The Hall–Kier alpha value is -2.88. The van der Waals surface area contributed by atoms with Crippen LogP contribution in [-0.2, 0) is 6.42 Å². The lowest BCUT2D eigenvalue weighted by Gasteiger charge is -2.10. The van der Waals surface area contributed by atoms with Crippen LogP contribution in [0.1, 0.15) is 27.2 Å². The summed E-state index contributed by atoms with van der Waals surface area (Å²) in [7, 11) is 0. The number of fused-ring (bicyclic) bond motifs is 1. The highest BCUT2D eigenvalue weighted by molar-refractivity contribution is 5.94. The number of carboxylic acids is 1. The van der Waals surface area contributed by atoms with Gasteiger partial charge in [0.15, 0.2) is 0 Å². The van der Waals surface area contributed by atoms with Gasteiger partial charge in [-0.05, 0) is 42.3 Å². The number of nitrogens with two attached hydrogens (primary N) is 1. The monoisotopic (exact) mass is 292 g/mol. The lowest BCUT2D eigenvalue weighted by molar-refractivity contribution is 0.0695. The first-order valence-corrected chi connectivity index (χ1v) is 7.01. The zero-order valence-electron chi connectivity index (χ0n) is 12.2. The maximum Gasteiger partial charge on any atom is 0.337 e. The summed E-state index contributed by atoms with van der Waals surface area (Å²) in [5.74, 6) is -0.957. The zero-order chi connectivity index (χ0) is 15.7. The number of benzene rings is 2. The third-order valence-electron chi connectivity index (χ3n) is 3.76. The average Bonchev–Trinajstić information content (AvgIpc) is 2.49. The van der Waals surface area contributed by atoms with Gasteiger partial charge in [0.1, 0.15) is 0 Å². The Morgan fingerprint density at radius 1 is 1.18 bits per heavy atom. The van der Waals surface area contributed by atoms with E-state index in [0.29, 0.717) is 17.8 Å². The second-order valence-electron chi connectivity index (χ2n) is 5.34. The number of nitrogen functional groups attached to an aromatic ring is 1. The third-order valence-corrected chi connectivity index (χ3v) is 3.76. The Morgan fingerprint density at radius 3 is 2.68 bits per heavy atom. The molecule has 0 bridgehead atoms. The lowest BCUT2D eigenvalue weighted by Crippen LogP contribution is -2.07. The number of aromatic carboxylic acids is 1. The SMILES string of the molecule is Cc1cc(N)ccc1Cc1nc2ccccc2cc1C(=O)O. The van der Waals surface area contributed by atoms with E-state index in [2.05, 4.69) is 4.98 Å². The number of rotatable bonds is 3. The molecule has 0 unspecified atom stereocenters. The normalized spacial score (nSPS) is 10.8. The molecule has 0 aliphatic carbocycles. The summed E-state index contributed by atoms with van der Waals surface area (Å²) in [5.41, 5.74) is 10.1. The Morgan fingerprint density at radius 2 is 1.95 bits per heavy atom. The van der Waals surface area contributed by atoms with E-state index in [4.69, 9.17) is 5.73 Å². The smallest absolute Gasteiger partial charge is 0.337 e. The second-order valence-corrected chi connectivity index (χ2v) is 5.34. The molecule has 4 nitrogen and oxygen atoms in total. The van der Waals surface area contributed by atoms with Crippen molar-refractivity contribution in [1.29, 1.82) is 0 Å². The van der Waals surface area contributed by atoms with E-state index in [9.17, 15) is 9.90 Å². The lowest BCUT2D eigenvalue weighted by atomic mass is 9.99. The molecule has 0 radical (unpaired) electrons. The first-order chi connectivity index (χ1) is 10.5. The molecule has 22 heavy (non-hydrogen) atoms. The fraction of sp³-hybridized carbons (Fsp3) is 0.111. The van der Waals surface area contributed by atoms with Crippen LogP contribution < -0.4 is 5.73 Å². The number of hydrogen-bond donors (Lipinski definition) is 2. The number of nitrogens with zero attached hydrogens (tertiary/aromatic N) is 1. The van der Waals surface area contributed by atoms with Crippen LogP contribution in [0.2, 0.25) is 0 Å². The summed E-state index contributed by atoms with van der Waals surface area (Å²) in [6, 6.07) is 14.8. The van der Waals surface area contributed by atoms with Gasteiger partial charge in [-0.3, -0.25) is 4.98 Å². The minimum absolute atomic E-state index is 0.245. The predicted octanol–water partition coefficient (Wildman–Crippen LogP) is 3.41. The van der Waals surface area contributed by atoms with Crippen LogP contribution in [0.5, 0.6) is 0 Å².